The molecule has 0 spiro atoms. The number of pyridine rings is 3. The molecule has 5 heterocycles. The van der Waals surface area contributed by atoms with E-state index >= 15 is 0 Å². The predicted molar refractivity (Wildman–Crippen MR) is 150 cm³/mol. The summed E-state index contributed by atoms with van der Waals surface area (Å²) in [6.45, 7) is 6.33. The van der Waals surface area contributed by atoms with Crippen molar-refractivity contribution in [2.45, 2.75) is 26.2 Å². The zero-order valence-corrected chi connectivity index (χ0v) is 20.6. The Bertz CT molecular complexity index is 1710. The van der Waals surface area contributed by atoms with Crippen molar-refractivity contribution in [3.8, 4) is 33.6 Å². The summed E-state index contributed by atoms with van der Waals surface area (Å²) < 4.78 is 0. The first-order valence-corrected chi connectivity index (χ1v) is 12.5. The van der Waals surface area contributed by atoms with Crippen molar-refractivity contribution in [1.82, 2.24) is 30.1 Å². The van der Waals surface area contributed by atoms with Gasteiger partial charge in [0.2, 0.25) is 0 Å². The highest BCUT2D eigenvalue weighted by atomic mass is 15.1. The molecule has 0 saturated carbocycles. The van der Waals surface area contributed by atoms with Gasteiger partial charge in [0.1, 0.15) is 5.69 Å². The highest BCUT2D eigenvalue weighted by molar-refractivity contribution is 6.01. The number of anilines is 1. The van der Waals surface area contributed by atoms with Crippen LogP contribution in [-0.2, 0) is 0 Å². The summed E-state index contributed by atoms with van der Waals surface area (Å²) in [5.74, 6) is 0. The van der Waals surface area contributed by atoms with Gasteiger partial charge in [-0.05, 0) is 48.7 Å². The molecule has 3 N–H and O–H groups in total. The van der Waals surface area contributed by atoms with Crippen molar-refractivity contribution < 1.29 is 0 Å². The van der Waals surface area contributed by atoms with Crippen LogP contribution in [-0.4, -0.2) is 30.1 Å². The van der Waals surface area contributed by atoms with Crippen LogP contribution in [0.1, 0.15) is 26.2 Å². The summed E-state index contributed by atoms with van der Waals surface area (Å²) in [5.41, 5.74) is 9.82. The normalized spacial score (nSPS) is 11.3. The Kier molecular flexibility index (Phi) is 5.94. The molecule has 7 nitrogen and oxygen atoms in total. The minimum absolute atomic E-state index is 0.861. The van der Waals surface area contributed by atoms with Crippen molar-refractivity contribution in [2.75, 3.05) is 5.32 Å². The Morgan fingerprint density at radius 1 is 0.865 bits per heavy atom. The number of hydrogen-bond acceptors (Lipinski definition) is 5. The summed E-state index contributed by atoms with van der Waals surface area (Å²) in [6, 6.07) is 14.5. The zero-order chi connectivity index (χ0) is 25.2. The zero-order valence-electron chi connectivity index (χ0n) is 20.6. The molecular formula is C30H27N7. The van der Waals surface area contributed by atoms with Crippen LogP contribution in [0, 0.1) is 0 Å². The summed E-state index contributed by atoms with van der Waals surface area (Å²) in [5, 5.41) is 13.3. The van der Waals surface area contributed by atoms with Gasteiger partial charge < -0.3 is 10.3 Å². The van der Waals surface area contributed by atoms with E-state index in [-0.39, 0.29) is 0 Å². The van der Waals surface area contributed by atoms with Crippen molar-refractivity contribution in [1.29, 1.82) is 0 Å². The molecule has 182 valence electrons. The molecular weight excluding hydrogens is 458 g/mol. The molecule has 0 radical (unpaired) electrons. The van der Waals surface area contributed by atoms with Crippen LogP contribution in [0.3, 0.4) is 0 Å². The first-order chi connectivity index (χ1) is 18.2. The SMILES string of the molecule is C=C(CCCC)Nc1cncc(-c2ccc3[nH]nc(-c4cc5c(-c6cccnc6)cncc5[nH]4)c3c2)c1. The van der Waals surface area contributed by atoms with Crippen molar-refractivity contribution in [3.63, 3.8) is 0 Å². The minimum Gasteiger partial charge on any atom is -0.358 e. The molecule has 1 aromatic carbocycles. The molecule has 7 heteroatoms. The molecule has 0 unspecified atom stereocenters. The van der Waals surface area contributed by atoms with E-state index in [1.165, 1.54) is 0 Å². The number of hydrogen-bond donors (Lipinski definition) is 3. The second-order valence-corrected chi connectivity index (χ2v) is 9.20. The molecule has 0 aliphatic carbocycles. The molecule has 5 aromatic heterocycles. The van der Waals surface area contributed by atoms with Crippen molar-refractivity contribution in [3.05, 3.63) is 91.9 Å². The third-order valence-electron chi connectivity index (χ3n) is 6.56. The largest absolute Gasteiger partial charge is 0.358 e. The molecule has 0 fully saturated rings. The van der Waals surface area contributed by atoms with Crippen LogP contribution in [0.4, 0.5) is 5.69 Å². The van der Waals surface area contributed by atoms with E-state index in [2.05, 4.69) is 79.3 Å². The molecule has 0 bridgehead atoms. The third kappa shape index (κ3) is 4.47. The highest BCUT2D eigenvalue weighted by Gasteiger charge is 2.15. The van der Waals surface area contributed by atoms with Crippen molar-refractivity contribution in [2.24, 2.45) is 0 Å². The predicted octanol–water partition coefficient (Wildman–Crippen LogP) is 7.35. The standard InChI is InChI=1S/C30H27N7/c1-3-4-6-19(2)34-23-11-22(15-32-16-23)20-8-9-27-25(12-20)30(37-36-27)28-13-24-26(17-33-18-29(24)35-28)21-7-5-10-31-14-21/h5,7-18,34-35H,2-4,6H2,1H3,(H,36,37). The van der Waals surface area contributed by atoms with E-state index in [0.29, 0.717) is 0 Å². The van der Waals surface area contributed by atoms with Crippen molar-refractivity contribution >= 4 is 27.5 Å². The molecule has 6 rings (SSSR count). The third-order valence-corrected chi connectivity index (χ3v) is 6.56. The Balaban J connectivity index is 1.37. The summed E-state index contributed by atoms with van der Waals surface area (Å²) in [6.07, 6.45) is 14.3. The Hall–Kier alpha value is -4.78. The van der Waals surface area contributed by atoms with Gasteiger partial charge >= 0.3 is 0 Å². The van der Waals surface area contributed by atoms with E-state index in [0.717, 1.165) is 86.1 Å². The molecule has 37 heavy (non-hydrogen) atoms. The first kappa shape index (κ1) is 22.7. The lowest BCUT2D eigenvalue weighted by Gasteiger charge is -2.10. The number of fused-ring (bicyclic) bond motifs is 2. The van der Waals surface area contributed by atoms with Gasteiger partial charge in [0, 0.05) is 57.9 Å². The monoisotopic (exact) mass is 485 g/mol. The van der Waals surface area contributed by atoms with Gasteiger partial charge in [0.05, 0.1) is 34.8 Å². The van der Waals surface area contributed by atoms with Crippen LogP contribution in [0.25, 0.3) is 55.4 Å². The minimum atomic E-state index is 0.861. The maximum Gasteiger partial charge on any atom is 0.116 e. The van der Waals surface area contributed by atoms with Gasteiger partial charge in [0.15, 0.2) is 0 Å². The fourth-order valence-electron chi connectivity index (χ4n) is 4.65. The number of aromatic amines is 2. The van der Waals surface area contributed by atoms with Gasteiger partial charge in [-0.2, -0.15) is 5.10 Å². The fraction of sp³-hybridized carbons (Fsp3) is 0.133. The Morgan fingerprint density at radius 2 is 1.76 bits per heavy atom. The molecule has 0 amide bonds. The number of H-pyrrole nitrogens is 2. The van der Waals surface area contributed by atoms with Gasteiger partial charge in [-0.3, -0.25) is 20.1 Å². The molecule has 6 aromatic rings. The lowest BCUT2D eigenvalue weighted by atomic mass is 10.0. The van der Waals surface area contributed by atoms with E-state index < -0.39 is 0 Å². The summed E-state index contributed by atoms with van der Waals surface area (Å²) in [4.78, 5) is 16.7. The average molecular weight is 486 g/mol. The Labute approximate surface area is 214 Å². The number of unbranched alkanes of at least 4 members (excludes halogenated alkanes) is 1. The lowest BCUT2D eigenvalue weighted by Crippen LogP contribution is -1.98. The maximum absolute atomic E-state index is 4.65. The maximum atomic E-state index is 4.65. The van der Waals surface area contributed by atoms with Crippen LogP contribution in [0.15, 0.2) is 91.9 Å². The van der Waals surface area contributed by atoms with Gasteiger partial charge in [0.25, 0.3) is 0 Å². The second-order valence-electron chi connectivity index (χ2n) is 9.20. The second kappa shape index (κ2) is 9.70. The smallest absolute Gasteiger partial charge is 0.116 e. The van der Waals surface area contributed by atoms with Crippen LogP contribution in [0.2, 0.25) is 0 Å². The van der Waals surface area contributed by atoms with Gasteiger partial charge in [-0.1, -0.05) is 32.1 Å². The number of rotatable bonds is 8. The quantitative estimate of drug-likeness (QED) is 0.209. The number of allylic oxidation sites excluding steroid dienone is 1. The number of nitrogens with one attached hydrogen (secondary N) is 3. The van der Waals surface area contributed by atoms with Crippen LogP contribution >= 0.6 is 0 Å². The summed E-state index contributed by atoms with van der Waals surface area (Å²) >= 11 is 0. The topological polar surface area (TPSA) is 95.2 Å². The molecule has 0 aliphatic heterocycles. The summed E-state index contributed by atoms with van der Waals surface area (Å²) in [7, 11) is 0. The average Bonchev–Trinajstić information content (AvgIpc) is 3.56. The van der Waals surface area contributed by atoms with E-state index in [9.17, 15) is 0 Å². The number of nitrogens with zero attached hydrogens (tertiary/aromatic N) is 4. The molecule has 0 aliphatic rings. The fourth-order valence-corrected chi connectivity index (χ4v) is 4.65. The van der Waals surface area contributed by atoms with Crippen LogP contribution < -0.4 is 5.32 Å². The number of aromatic nitrogens is 6. The highest BCUT2D eigenvalue weighted by Crippen LogP contribution is 2.35. The van der Waals surface area contributed by atoms with E-state index in [4.69, 9.17) is 0 Å². The van der Waals surface area contributed by atoms with Gasteiger partial charge in [-0.25, -0.2) is 0 Å². The first-order valence-electron chi connectivity index (χ1n) is 12.5. The van der Waals surface area contributed by atoms with Gasteiger partial charge in [-0.15, -0.1) is 0 Å². The molecule has 0 saturated heterocycles. The Morgan fingerprint density at radius 3 is 2.62 bits per heavy atom. The number of benzene rings is 1. The van der Waals surface area contributed by atoms with Crippen LogP contribution in [0.5, 0.6) is 0 Å². The van der Waals surface area contributed by atoms with E-state index in [1.54, 1.807) is 6.20 Å². The van der Waals surface area contributed by atoms with E-state index in [1.807, 2.05) is 43.1 Å². The molecule has 0 atom stereocenters. The lowest BCUT2D eigenvalue weighted by molar-refractivity contribution is 0.791.